The van der Waals surface area contributed by atoms with Crippen molar-refractivity contribution in [3.8, 4) is 0 Å². The minimum absolute atomic E-state index is 0.0111. The molecule has 1 heterocycles. The lowest BCUT2D eigenvalue weighted by Crippen LogP contribution is -2.28. The van der Waals surface area contributed by atoms with Crippen molar-refractivity contribution >= 4 is 49.1 Å². The number of nitrogens with two attached hydrogens (primary N) is 1. The number of benzene rings is 1. The minimum Gasteiger partial charge on any atom is -0.354 e. The Labute approximate surface area is 170 Å². The lowest BCUT2D eigenvalue weighted by Gasteiger charge is -2.19. The predicted octanol–water partition coefficient (Wildman–Crippen LogP) is -0.00510. The van der Waals surface area contributed by atoms with Gasteiger partial charge < -0.3 is 15.5 Å². The van der Waals surface area contributed by atoms with Crippen LogP contribution in [0, 0.1) is 10.1 Å². The number of nitrogens with one attached hydrogen (secondary N) is 2. The zero-order valence-electron chi connectivity index (χ0n) is 14.6. The van der Waals surface area contributed by atoms with Gasteiger partial charge in [0.1, 0.15) is 22.2 Å². The number of halogens is 1. The van der Waals surface area contributed by atoms with Crippen LogP contribution in [0.2, 0.25) is 5.02 Å². The Bertz CT molecular complexity index is 1070. The maximum atomic E-state index is 12.3. The minimum atomic E-state index is -4.23. The van der Waals surface area contributed by atoms with Gasteiger partial charge in [-0.1, -0.05) is 11.6 Å². The highest BCUT2D eigenvalue weighted by molar-refractivity contribution is 7.91. The van der Waals surface area contributed by atoms with Gasteiger partial charge in [-0.2, -0.15) is 8.42 Å². The van der Waals surface area contributed by atoms with Crippen LogP contribution in [0.25, 0.3) is 0 Å². The van der Waals surface area contributed by atoms with Gasteiger partial charge in [-0.25, -0.2) is 13.6 Å². The number of carbonyl (C=O) groups excluding carboxylic acids is 1. The van der Waals surface area contributed by atoms with Gasteiger partial charge in [0.25, 0.3) is 15.1 Å². The third-order valence-corrected chi connectivity index (χ3v) is 6.30. The Hall–Kier alpha value is -2.49. The van der Waals surface area contributed by atoms with Gasteiger partial charge in [-0.05, 0) is 18.6 Å². The third-order valence-electron chi connectivity index (χ3n) is 3.57. The highest BCUT2D eigenvalue weighted by atomic mass is 35.5. The average Bonchev–Trinajstić information content (AvgIpc) is 2.56. The average molecular weight is 470 g/mol. The summed E-state index contributed by atoms with van der Waals surface area (Å²) in [6.45, 7) is -0.338. The van der Waals surface area contributed by atoms with Crippen LogP contribution >= 0.6 is 11.6 Å². The number of hydrogen-bond donors (Lipinski definition) is 3. The van der Waals surface area contributed by atoms with Gasteiger partial charge in [0.15, 0.2) is 0 Å². The summed E-state index contributed by atoms with van der Waals surface area (Å²) in [6.07, 6.45) is 0.324. The standard InChI is InChI=1S/C13H16ClN5O8S2/c14-8-6-9-11(7-10(8)28(15,23)24)29(25,26)18-12(17-9)2-1-3-13(20)16-4-5-27-19(21)22/h6-7H,1-5H2,(H,16,20)(H,17,18)(H2,15,23,24). The molecule has 1 aromatic carbocycles. The van der Waals surface area contributed by atoms with Gasteiger partial charge in [0.05, 0.1) is 10.7 Å². The molecular weight excluding hydrogens is 454 g/mol. The summed E-state index contributed by atoms with van der Waals surface area (Å²) in [7, 11) is -8.43. The molecule has 0 bridgehead atoms. The first-order valence-corrected chi connectivity index (χ1v) is 11.3. The molecule has 0 spiro atoms. The molecule has 2 rings (SSSR count). The normalized spacial score (nSPS) is 14.9. The van der Waals surface area contributed by atoms with E-state index in [-0.39, 0.29) is 49.0 Å². The lowest BCUT2D eigenvalue weighted by molar-refractivity contribution is -0.757. The van der Waals surface area contributed by atoms with Crippen molar-refractivity contribution in [2.75, 3.05) is 18.5 Å². The number of carbonyl (C=O) groups is 1. The summed E-state index contributed by atoms with van der Waals surface area (Å²) in [5, 5.41) is 18.9. The number of sulfonamides is 2. The number of nitrogens with zero attached hydrogens (tertiary/aromatic N) is 2. The molecule has 1 amide bonds. The number of amides is 1. The quantitative estimate of drug-likeness (QED) is 0.252. The molecule has 160 valence electrons. The largest absolute Gasteiger partial charge is 0.354 e. The van der Waals surface area contributed by atoms with Crippen molar-refractivity contribution in [3.63, 3.8) is 0 Å². The Kier molecular flexibility index (Phi) is 6.99. The molecule has 16 heteroatoms. The Morgan fingerprint density at radius 2 is 2.10 bits per heavy atom. The number of anilines is 1. The van der Waals surface area contributed by atoms with Crippen molar-refractivity contribution in [3.05, 3.63) is 27.3 Å². The van der Waals surface area contributed by atoms with E-state index in [1.807, 2.05) is 0 Å². The maximum absolute atomic E-state index is 12.3. The number of hydrogen-bond acceptors (Lipinski definition) is 9. The van der Waals surface area contributed by atoms with Crippen LogP contribution in [0.1, 0.15) is 19.3 Å². The summed E-state index contributed by atoms with van der Waals surface area (Å²) in [4.78, 5) is 24.7. The Morgan fingerprint density at radius 1 is 1.41 bits per heavy atom. The second-order valence-electron chi connectivity index (χ2n) is 5.72. The van der Waals surface area contributed by atoms with Crippen LogP contribution in [0.3, 0.4) is 0 Å². The molecule has 0 aromatic heterocycles. The van der Waals surface area contributed by atoms with E-state index in [0.717, 1.165) is 12.1 Å². The first-order chi connectivity index (χ1) is 13.4. The maximum Gasteiger partial charge on any atom is 0.294 e. The fourth-order valence-electron chi connectivity index (χ4n) is 2.36. The highest BCUT2D eigenvalue weighted by Crippen LogP contribution is 2.34. The molecule has 4 N–H and O–H groups in total. The summed E-state index contributed by atoms with van der Waals surface area (Å²) < 4.78 is 51.3. The third kappa shape index (κ3) is 6.25. The van der Waals surface area contributed by atoms with Crippen LogP contribution < -0.4 is 15.8 Å². The highest BCUT2D eigenvalue weighted by Gasteiger charge is 2.28. The summed E-state index contributed by atoms with van der Waals surface area (Å²) in [5.41, 5.74) is 0.0359. The van der Waals surface area contributed by atoms with E-state index < -0.39 is 40.8 Å². The number of fused-ring (bicyclic) bond motifs is 1. The van der Waals surface area contributed by atoms with Crippen molar-refractivity contribution in [1.82, 2.24) is 5.32 Å². The van der Waals surface area contributed by atoms with Gasteiger partial charge in [-0.15, -0.1) is 14.5 Å². The van der Waals surface area contributed by atoms with Gasteiger partial charge in [-0.3, -0.25) is 4.79 Å². The Morgan fingerprint density at radius 3 is 2.72 bits per heavy atom. The van der Waals surface area contributed by atoms with Gasteiger partial charge >= 0.3 is 0 Å². The summed E-state index contributed by atoms with van der Waals surface area (Å²) >= 11 is 5.87. The summed E-state index contributed by atoms with van der Waals surface area (Å²) in [5.74, 6) is -0.362. The van der Waals surface area contributed by atoms with E-state index in [1.54, 1.807) is 0 Å². The van der Waals surface area contributed by atoms with E-state index in [4.69, 9.17) is 16.7 Å². The van der Waals surface area contributed by atoms with Gasteiger partial charge in [0, 0.05) is 19.4 Å². The van der Waals surface area contributed by atoms with Crippen LogP contribution in [0.5, 0.6) is 0 Å². The van der Waals surface area contributed by atoms with Crippen molar-refractivity contribution in [2.45, 2.75) is 29.1 Å². The molecule has 13 nitrogen and oxygen atoms in total. The molecule has 0 atom stereocenters. The molecular formula is C13H16ClN5O8S2. The Balaban J connectivity index is 2.00. The van der Waals surface area contributed by atoms with Gasteiger partial charge in [0.2, 0.25) is 15.9 Å². The molecule has 0 radical (unpaired) electrons. The van der Waals surface area contributed by atoms with E-state index in [1.165, 1.54) is 0 Å². The van der Waals surface area contributed by atoms with Crippen molar-refractivity contribution < 1.29 is 31.6 Å². The summed E-state index contributed by atoms with van der Waals surface area (Å²) in [6, 6.07) is 1.95. The van der Waals surface area contributed by atoms with Crippen LogP contribution in [0.4, 0.5) is 5.69 Å². The number of rotatable bonds is 9. The van der Waals surface area contributed by atoms with E-state index in [9.17, 15) is 31.7 Å². The number of amidine groups is 1. The smallest absolute Gasteiger partial charge is 0.294 e. The van der Waals surface area contributed by atoms with Crippen molar-refractivity contribution in [1.29, 1.82) is 0 Å². The van der Waals surface area contributed by atoms with Crippen LogP contribution in [0.15, 0.2) is 26.3 Å². The zero-order chi connectivity index (χ0) is 21.8. The van der Waals surface area contributed by atoms with E-state index >= 15 is 0 Å². The monoisotopic (exact) mass is 469 g/mol. The fourth-order valence-corrected chi connectivity index (χ4v) is 4.71. The van der Waals surface area contributed by atoms with E-state index in [0.29, 0.717) is 0 Å². The first kappa shape index (κ1) is 22.8. The topological polar surface area (TPSA) is 200 Å². The molecule has 1 aromatic rings. The van der Waals surface area contributed by atoms with E-state index in [2.05, 4.69) is 19.9 Å². The molecule has 0 saturated carbocycles. The first-order valence-electron chi connectivity index (χ1n) is 7.91. The zero-order valence-corrected chi connectivity index (χ0v) is 17.0. The molecule has 0 aliphatic carbocycles. The van der Waals surface area contributed by atoms with Crippen LogP contribution in [-0.2, 0) is 29.7 Å². The van der Waals surface area contributed by atoms with Crippen molar-refractivity contribution in [2.24, 2.45) is 9.54 Å². The molecule has 1 aliphatic rings. The molecule has 29 heavy (non-hydrogen) atoms. The number of primary sulfonamides is 1. The molecule has 0 saturated heterocycles. The molecule has 1 aliphatic heterocycles. The fraction of sp³-hybridized carbons (Fsp3) is 0.385. The van der Waals surface area contributed by atoms with Crippen LogP contribution in [-0.4, -0.2) is 46.8 Å². The predicted molar refractivity (Wildman–Crippen MR) is 101 cm³/mol. The second-order valence-corrected chi connectivity index (χ2v) is 9.23. The lowest BCUT2D eigenvalue weighted by atomic mass is 10.2. The SMILES string of the molecule is NS(=O)(=O)c1cc2c(cc1Cl)NC(CCCC(=O)NCCO[N+](=O)[O-])=NS2(=O)=O. The molecule has 0 fully saturated rings. The second kappa shape index (κ2) is 8.89. The molecule has 0 unspecified atom stereocenters.